The average molecular weight is 586 g/mol. The van der Waals surface area contributed by atoms with Crippen LogP contribution in [0.4, 0.5) is 0 Å². The van der Waals surface area contributed by atoms with E-state index in [0.29, 0.717) is 39.5 Å². The quantitative estimate of drug-likeness (QED) is 0.206. The van der Waals surface area contributed by atoms with Crippen molar-refractivity contribution in [1.82, 2.24) is 14.1 Å². The summed E-state index contributed by atoms with van der Waals surface area (Å²) in [6, 6.07) is 45.3. The fraction of sp³-hybridized carbons (Fsp3) is 0. The maximum absolute atomic E-state index is 10.1. The van der Waals surface area contributed by atoms with Crippen molar-refractivity contribution in [2.24, 2.45) is 0 Å². The van der Waals surface area contributed by atoms with Crippen molar-refractivity contribution in [3.63, 3.8) is 0 Å². The predicted octanol–water partition coefficient (Wildman–Crippen LogP) is 8.43. The molecule has 0 fully saturated rings. The summed E-state index contributed by atoms with van der Waals surface area (Å²) < 4.78 is 4.16. The van der Waals surface area contributed by atoms with Crippen molar-refractivity contribution in [2.75, 3.05) is 0 Å². The minimum Gasteiger partial charge on any atom is -0.294 e. The zero-order chi connectivity index (χ0) is 31.4. The van der Waals surface area contributed by atoms with Gasteiger partial charge in [-0.05, 0) is 83.9 Å². The Bertz CT molecular complexity index is 2630. The van der Waals surface area contributed by atoms with Gasteiger partial charge in [-0.25, -0.2) is 4.98 Å². The van der Waals surface area contributed by atoms with Gasteiger partial charge in [0.1, 0.15) is 11.6 Å². The van der Waals surface area contributed by atoms with Gasteiger partial charge >= 0.3 is 0 Å². The van der Waals surface area contributed by atoms with Crippen LogP contribution in [0.1, 0.15) is 22.3 Å². The van der Waals surface area contributed by atoms with Crippen molar-refractivity contribution in [3.05, 3.63) is 138 Å². The van der Waals surface area contributed by atoms with Crippen LogP contribution in [-0.2, 0) is 0 Å². The molecule has 3 aromatic heterocycles. The Kier molecular flexibility index (Phi) is 5.87. The summed E-state index contributed by atoms with van der Waals surface area (Å²) in [6.07, 6.45) is 0. The van der Waals surface area contributed by atoms with Crippen LogP contribution in [0.5, 0.6) is 0 Å². The molecule has 8 aromatic rings. The molecule has 210 valence electrons. The highest BCUT2D eigenvalue weighted by molar-refractivity contribution is 6.11. The van der Waals surface area contributed by atoms with Crippen molar-refractivity contribution in [2.45, 2.75) is 0 Å². The molecule has 46 heavy (non-hydrogen) atoms. The van der Waals surface area contributed by atoms with Gasteiger partial charge in [-0.1, -0.05) is 42.5 Å². The van der Waals surface area contributed by atoms with Gasteiger partial charge in [0.05, 0.1) is 68.6 Å². The molecule has 7 nitrogen and oxygen atoms in total. The second-order valence-electron chi connectivity index (χ2n) is 10.9. The average Bonchev–Trinajstić information content (AvgIpc) is 3.63. The first-order chi connectivity index (χ1) is 22.6. The van der Waals surface area contributed by atoms with E-state index in [1.54, 1.807) is 30.3 Å². The Hall–Kier alpha value is -7.19. The maximum Gasteiger partial charge on any atom is 0.140 e. The second kappa shape index (κ2) is 10.2. The molecule has 5 aromatic carbocycles. The third kappa shape index (κ3) is 3.91. The number of fused-ring (bicyclic) bond motifs is 6. The van der Waals surface area contributed by atoms with E-state index in [-0.39, 0.29) is 0 Å². The van der Waals surface area contributed by atoms with E-state index in [4.69, 9.17) is 4.98 Å². The van der Waals surface area contributed by atoms with Gasteiger partial charge in [0, 0.05) is 21.5 Å². The molecule has 0 amide bonds. The third-order valence-corrected chi connectivity index (χ3v) is 8.44. The lowest BCUT2D eigenvalue weighted by atomic mass is 9.98. The minimum atomic E-state index is 0.379. The first kappa shape index (κ1) is 26.4. The monoisotopic (exact) mass is 585 g/mol. The molecule has 0 saturated carbocycles. The van der Waals surface area contributed by atoms with Crippen LogP contribution in [0.2, 0.25) is 0 Å². The molecule has 0 spiro atoms. The zero-order valence-electron chi connectivity index (χ0n) is 24.1. The normalized spacial score (nSPS) is 11.0. The van der Waals surface area contributed by atoms with E-state index in [1.807, 2.05) is 65.2 Å². The lowest BCUT2D eigenvalue weighted by molar-refractivity contribution is 1.01. The van der Waals surface area contributed by atoms with E-state index in [9.17, 15) is 21.0 Å². The van der Waals surface area contributed by atoms with E-state index >= 15 is 0 Å². The highest BCUT2D eigenvalue weighted by Gasteiger charge is 2.20. The minimum absolute atomic E-state index is 0.379. The van der Waals surface area contributed by atoms with E-state index in [1.165, 1.54) is 0 Å². The summed E-state index contributed by atoms with van der Waals surface area (Å²) in [4.78, 5) is 5.28. The van der Waals surface area contributed by atoms with Gasteiger partial charge < -0.3 is 0 Å². The molecule has 0 bridgehead atoms. The summed E-state index contributed by atoms with van der Waals surface area (Å²) in [5.41, 5.74) is 6.84. The largest absolute Gasteiger partial charge is 0.294 e. The predicted molar refractivity (Wildman–Crippen MR) is 177 cm³/mol. The topological polar surface area (TPSA) is 118 Å². The SMILES string of the molecule is N#Cc1ccc(-c2cc(-n3c4ccccc4c4ccccc43)nc(-n3c4ccc(C#N)cc4c4cc(C#N)ccc43)c2)c(C#N)c1. The molecule has 0 N–H and O–H groups in total. The number of hydrogen-bond donors (Lipinski definition) is 0. The number of para-hydroxylation sites is 2. The first-order valence-electron chi connectivity index (χ1n) is 14.5. The summed E-state index contributed by atoms with van der Waals surface area (Å²) in [6.45, 7) is 0. The number of pyridine rings is 1. The van der Waals surface area contributed by atoms with Crippen LogP contribution < -0.4 is 0 Å². The molecular weight excluding hydrogens is 566 g/mol. The van der Waals surface area contributed by atoms with Crippen LogP contribution >= 0.6 is 0 Å². The van der Waals surface area contributed by atoms with Crippen LogP contribution in [0.3, 0.4) is 0 Å². The Morgan fingerprint density at radius 2 is 0.891 bits per heavy atom. The summed E-state index contributed by atoms with van der Waals surface area (Å²) in [5, 5.41) is 42.9. The van der Waals surface area contributed by atoms with Gasteiger partial charge in [-0.15, -0.1) is 0 Å². The van der Waals surface area contributed by atoms with Gasteiger partial charge in [0.2, 0.25) is 0 Å². The number of nitrogens with zero attached hydrogens (tertiary/aromatic N) is 7. The van der Waals surface area contributed by atoms with Gasteiger partial charge in [0.25, 0.3) is 0 Å². The van der Waals surface area contributed by atoms with E-state index in [2.05, 4.69) is 53.1 Å². The third-order valence-electron chi connectivity index (χ3n) is 8.44. The fourth-order valence-corrected chi connectivity index (χ4v) is 6.42. The molecule has 0 atom stereocenters. The first-order valence-corrected chi connectivity index (χ1v) is 14.5. The molecule has 0 aliphatic carbocycles. The van der Waals surface area contributed by atoms with Crippen molar-refractivity contribution >= 4 is 43.6 Å². The molecule has 8 rings (SSSR count). The number of benzene rings is 5. The van der Waals surface area contributed by atoms with Gasteiger partial charge in [-0.2, -0.15) is 21.0 Å². The molecule has 0 aliphatic rings. The molecule has 3 heterocycles. The molecule has 0 aliphatic heterocycles. The van der Waals surface area contributed by atoms with Crippen LogP contribution in [0, 0.1) is 45.3 Å². The zero-order valence-corrected chi connectivity index (χ0v) is 24.1. The van der Waals surface area contributed by atoms with Crippen LogP contribution in [0.25, 0.3) is 66.4 Å². The van der Waals surface area contributed by atoms with Crippen LogP contribution in [-0.4, -0.2) is 14.1 Å². The molecule has 0 unspecified atom stereocenters. The lowest BCUT2D eigenvalue weighted by Gasteiger charge is -2.15. The standard InChI is InChI=1S/C39H19N7/c40-20-24-9-12-29(28(15-24)23-43)27-18-38(45-34-7-3-1-5-30(34)31-6-2-4-8-35(31)45)44-39(19-27)46-36-13-10-25(21-41)16-32(36)33-17-26(22-42)11-14-37(33)46/h1-19H. The van der Waals surface area contributed by atoms with Gasteiger partial charge in [-0.3, -0.25) is 9.13 Å². The second-order valence-corrected chi connectivity index (χ2v) is 10.9. The highest BCUT2D eigenvalue weighted by atomic mass is 15.1. The van der Waals surface area contributed by atoms with Crippen molar-refractivity contribution in [1.29, 1.82) is 21.0 Å². The van der Waals surface area contributed by atoms with Crippen molar-refractivity contribution in [3.8, 4) is 47.0 Å². The Balaban J connectivity index is 1.52. The Morgan fingerprint density at radius 3 is 1.39 bits per heavy atom. The van der Waals surface area contributed by atoms with Crippen molar-refractivity contribution < 1.29 is 0 Å². The molecule has 0 saturated heterocycles. The molecular formula is C39H19N7. The number of hydrogen-bond acceptors (Lipinski definition) is 5. The highest BCUT2D eigenvalue weighted by Crippen LogP contribution is 2.37. The Morgan fingerprint density at radius 1 is 0.435 bits per heavy atom. The molecule has 0 radical (unpaired) electrons. The fourth-order valence-electron chi connectivity index (χ4n) is 6.42. The smallest absolute Gasteiger partial charge is 0.140 e. The number of nitriles is 4. The van der Waals surface area contributed by atoms with Gasteiger partial charge in [0.15, 0.2) is 0 Å². The Labute approximate surface area is 262 Å². The molecule has 7 heteroatoms. The summed E-state index contributed by atoms with van der Waals surface area (Å²) in [7, 11) is 0. The summed E-state index contributed by atoms with van der Waals surface area (Å²) >= 11 is 0. The number of rotatable bonds is 3. The summed E-state index contributed by atoms with van der Waals surface area (Å²) in [5.74, 6) is 1.24. The maximum atomic E-state index is 10.1. The lowest BCUT2D eigenvalue weighted by Crippen LogP contribution is -2.05. The van der Waals surface area contributed by atoms with E-state index in [0.717, 1.165) is 49.2 Å². The van der Waals surface area contributed by atoms with Crippen LogP contribution in [0.15, 0.2) is 115 Å². The number of aromatic nitrogens is 3. The van der Waals surface area contributed by atoms with E-state index < -0.39 is 0 Å².